The maximum Gasteiger partial charge on any atom is 0.474 e. The Hall–Kier alpha value is -6.03. The van der Waals surface area contributed by atoms with Crippen LogP contribution in [0.4, 0.5) is 4.79 Å². The molecule has 6 fully saturated rings. The van der Waals surface area contributed by atoms with E-state index in [-0.39, 0.29) is 24.9 Å². The van der Waals surface area contributed by atoms with E-state index in [1.54, 1.807) is 13.0 Å². The molecule has 618 valence electrons. The van der Waals surface area contributed by atoms with Crippen LogP contribution in [0.25, 0.3) is 0 Å². The molecule has 0 radical (unpaired) electrons. The molecule has 18 N–H and O–H groups in total. The Balaban J connectivity index is 1.25. The minimum atomic E-state index is -5.89. The van der Waals surface area contributed by atoms with Crippen molar-refractivity contribution in [2.24, 2.45) is 11.1 Å². The molecule has 0 aromatic rings. The predicted octanol–water partition coefficient (Wildman–Crippen LogP) is -2.26. The van der Waals surface area contributed by atoms with Crippen molar-refractivity contribution in [2.75, 3.05) is 26.4 Å². The highest BCUT2D eigenvalue weighted by atomic mass is 31.2. The second-order valence-electron chi connectivity index (χ2n) is 28.9. The molecule has 40 heteroatoms. The molecule has 39 nitrogen and oxygen atoms in total. The van der Waals surface area contributed by atoms with Gasteiger partial charge < -0.3 is 140 Å². The Labute approximate surface area is 628 Å². The SMILES string of the molecule is C=C(C/C=C(\C)CCC=C(C)C)CCC(C)(C)/C=C/CC/C(C)=C/CO[C@H](COP(=O)(O)O[C@H]1O[C@H](C(=O)O)[C@@](C)(O)[C@H](OC(N)=O)[C@H]1O[C@@H]1O[C@H](CO[C@@H]2O[C@H](CO)[C@@H](O)[C@H](O)[C@H]2O)[C@@H](O[C@@H]2OC(C)[C@@H](O[C@@H]3O[C@H](C(=O)NC4C(=O)CCC4=O)[C@H](O)[C@H](O)[C@H]3O)[C@H](O)[C@H]2NC(C)=O)[C@H](O)[C@H]1NC(C)=O)C(=O)O. The Kier molecular flexibility index (Phi) is 34.2. The molecule has 0 aromatic heterocycles. The van der Waals surface area contributed by atoms with E-state index >= 15 is 0 Å². The molecule has 1 saturated carbocycles. The van der Waals surface area contributed by atoms with E-state index in [1.807, 2.05) is 6.08 Å². The van der Waals surface area contributed by atoms with Crippen molar-refractivity contribution in [3.8, 4) is 0 Å². The van der Waals surface area contributed by atoms with E-state index in [9.17, 15) is 109 Å². The zero-order chi connectivity index (χ0) is 81.5. The van der Waals surface area contributed by atoms with Gasteiger partial charge in [0.25, 0.3) is 5.91 Å². The van der Waals surface area contributed by atoms with Gasteiger partial charge in [-0.3, -0.25) is 33.0 Å². The van der Waals surface area contributed by atoms with Crippen LogP contribution < -0.4 is 21.7 Å². The number of hydrogen-bond donors (Lipinski definition) is 17. The molecule has 5 saturated heterocycles. The van der Waals surface area contributed by atoms with Crippen LogP contribution in [0.15, 0.2) is 59.3 Å². The van der Waals surface area contributed by atoms with Crippen LogP contribution in [0.5, 0.6) is 0 Å². The van der Waals surface area contributed by atoms with Crippen LogP contribution in [0.1, 0.15) is 127 Å². The van der Waals surface area contributed by atoms with Gasteiger partial charge in [0.2, 0.25) is 11.8 Å². The number of hydrogen-bond acceptors (Lipinski definition) is 32. The molecule has 5 heterocycles. The maximum atomic E-state index is 14.1. The highest BCUT2D eigenvalue weighted by Crippen LogP contribution is 2.49. The summed E-state index contributed by atoms with van der Waals surface area (Å²) in [6.07, 6.45) is -36.4. The number of carbonyl (C=O) groups is 8. The van der Waals surface area contributed by atoms with Crippen LogP contribution in [-0.2, 0) is 99.3 Å². The number of aliphatic hydroxyl groups is 10. The average molecular weight is 1580 g/mol. The first kappa shape index (κ1) is 91.8. The lowest BCUT2D eigenvalue weighted by Gasteiger charge is -2.51. The number of aliphatic hydroxyl groups excluding tert-OH is 9. The third-order valence-electron chi connectivity index (χ3n) is 19.0. The standard InChI is InChI=1S/C69H107N4O35P/c1-30(2)15-14-17-31(3)18-19-33(5)22-25-68(9,10)24-13-12-16-32(4)23-26-96-41(60(88)89)29-98-109(94,95)108-66-56(57(107-67(70)92)69(11,93)58(106-66)61(90)91)105-63-44(72-36(8)76)47(81)54(40(101-63)28-97-64-51(85)48(82)45(79)39(27-74)100-64)103-62-43(71-35(7)75)46(80)53(34(6)99-62)102-65-52(86)49(83)50(84)55(104-65)59(87)73-42-37(77)20-21-38(42)78/h13,15,18,23-24,34,39-58,62-66,74,79-86,93H,5,12,14,16-17,19-22,25-29H2,1-4,6-11H3,(H2,70,92)(H,71,75)(H,72,76)(H,73,87)(H,88,89)(H,90,91)(H,94,95)/b24-13+,31-18+,32-23+/t34?,39-,40-,41-,43-,44-,45-,46-,47-,48+,49+,50-,51-,52-,53-,54-,55+,56-,57-,58-,62+,63+,64-,65-,66-,69+/m1/s1. The van der Waals surface area contributed by atoms with Crippen LogP contribution in [-0.4, -0.2) is 305 Å². The topological polar surface area (TPSA) is 599 Å². The largest absolute Gasteiger partial charge is 0.479 e. The fourth-order valence-electron chi connectivity index (χ4n) is 12.7. The molecule has 4 amide bonds. The summed E-state index contributed by atoms with van der Waals surface area (Å²) in [6.45, 7) is 16.6. The van der Waals surface area contributed by atoms with Gasteiger partial charge >= 0.3 is 25.9 Å². The van der Waals surface area contributed by atoms with Gasteiger partial charge in [0.05, 0.1) is 32.5 Å². The van der Waals surface area contributed by atoms with Crippen molar-refractivity contribution < 1.29 is 170 Å². The van der Waals surface area contributed by atoms with Crippen molar-refractivity contribution in [1.29, 1.82) is 0 Å². The minimum Gasteiger partial charge on any atom is -0.479 e. The number of Topliss-reactive ketones (excluding diaryl/α,β-unsaturated/α-hetero) is 2. The van der Waals surface area contributed by atoms with Gasteiger partial charge in [0.15, 0.2) is 73.5 Å². The number of rotatable bonds is 37. The van der Waals surface area contributed by atoms with E-state index < -0.39 is 240 Å². The van der Waals surface area contributed by atoms with Crippen molar-refractivity contribution in [2.45, 2.75) is 292 Å². The third-order valence-corrected chi connectivity index (χ3v) is 20.0. The number of nitrogens with two attached hydrogens (primary N) is 1. The number of primary amides is 1. The molecule has 109 heavy (non-hydrogen) atoms. The molecule has 27 atom stereocenters. The summed E-state index contributed by atoms with van der Waals surface area (Å²) in [6, 6.07) is -5.67. The zero-order valence-corrected chi connectivity index (χ0v) is 63.0. The molecule has 0 spiro atoms. The third kappa shape index (κ3) is 25.5. The molecule has 5 aliphatic heterocycles. The number of aliphatic carboxylic acids is 2. The van der Waals surface area contributed by atoms with E-state index in [2.05, 4.69) is 75.4 Å². The predicted molar refractivity (Wildman–Crippen MR) is 369 cm³/mol. The molecule has 6 rings (SSSR count). The number of phosphoric ester groups is 1. The lowest BCUT2D eigenvalue weighted by molar-refractivity contribution is -0.375. The molecular weight excluding hydrogens is 1480 g/mol. The van der Waals surface area contributed by atoms with Crippen molar-refractivity contribution in [3.63, 3.8) is 0 Å². The van der Waals surface area contributed by atoms with Gasteiger partial charge in [-0.05, 0) is 91.9 Å². The Bertz CT molecular complexity index is 3310. The monoisotopic (exact) mass is 1580 g/mol. The number of carboxylic acids is 2. The highest BCUT2D eigenvalue weighted by molar-refractivity contribution is 7.47. The normalized spacial score (nSPS) is 35.8. The molecular formula is C69H107N4O35P. The van der Waals surface area contributed by atoms with Gasteiger partial charge in [0.1, 0.15) is 97.0 Å². The number of carboxylic acid groups (broad SMARTS) is 2. The second kappa shape index (κ2) is 40.6. The van der Waals surface area contributed by atoms with Gasteiger partial charge in [-0.25, -0.2) is 18.9 Å². The molecule has 6 aliphatic rings. The molecule has 1 aliphatic carbocycles. The summed E-state index contributed by atoms with van der Waals surface area (Å²) in [5.74, 6) is -8.37. The fraction of sp³-hybridized carbons (Fsp3) is 0.739. The summed E-state index contributed by atoms with van der Waals surface area (Å²) in [4.78, 5) is 114. The maximum absolute atomic E-state index is 14.1. The first-order chi connectivity index (χ1) is 50.9. The summed E-state index contributed by atoms with van der Waals surface area (Å²) in [5.41, 5.74) is 6.73. The number of ether oxygens (including phenoxy) is 11. The van der Waals surface area contributed by atoms with Crippen LogP contribution in [0, 0.1) is 5.41 Å². The van der Waals surface area contributed by atoms with Crippen molar-refractivity contribution in [3.05, 3.63) is 59.3 Å². The Morgan fingerprint density at radius 3 is 1.83 bits per heavy atom. The smallest absolute Gasteiger partial charge is 0.474 e. The first-order valence-corrected chi connectivity index (χ1v) is 36.9. The lowest BCUT2D eigenvalue weighted by Crippen LogP contribution is -2.72. The number of nitrogens with one attached hydrogen (secondary N) is 3. The molecule has 0 bridgehead atoms. The quantitative estimate of drug-likeness (QED) is 0.0177. The second-order valence-corrected chi connectivity index (χ2v) is 30.3. The first-order valence-electron chi connectivity index (χ1n) is 35.4. The summed E-state index contributed by atoms with van der Waals surface area (Å²) < 4.78 is 88.4. The number of amides is 4. The van der Waals surface area contributed by atoms with Gasteiger partial charge in [-0.15, -0.1) is 0 Å². The van der Waals surface area contributed by atoms with Gasteiger partial charge in [0, 0.05) is 26.7 Å². The molecule has 2 unspecified atom stereocenters. The van der Waals surface area contributed by atoms with E-state index in [0.29, 0.717) is 19.8 Å². The summed E-state index contributed by atoms with van der Waals surface area (Å²) in [5, 5.41) is 139. The number of allylic oxidation sites excluding steroid dienone is 8. The number of carbonyl (C=O) groups excluding carboxylic acids is 6. The van der Waals surface area contributed by atoms with Crippen molar-refractivity contribution >= 4 is 55.1 Å². The fourth-order valence-corrected chi connectivity index (χ4v) is 13.5. The highest BCUT2D eigenvalue weighted by Gasteiger charge is 2.63. The average Bonchev–Trinajstić information content (AvgIpc) is 1.80. The Morgan fingerprint density at radius 2 is 1.25 bits per heavy atom. The van der Waals surface area contributed by atoms with E-state index in [1.165, 1.54) is 18.1 Å². The van der Waals surface area contributed by atoms with Crippen molar-refractivity contribution in [1.82, 2.24) is 16.0 Å². The molecule has 0 aromatic carbocycles. The lowest BCUT2D eigenvalue weighted by atomic mass is 9.85. The van der Waals surface area contributed by atoms with Crippen LogP contribution in [0.2, 0.25) is 0 Å². The van der Waals surface area contributed by atoms with E-state index in [0.717, 1.165) is 57.1 Å². The summed E-state index contributed by atoms with van der Waals surface area (Å²) in [7, 11) is -5.89. The summed E-state index contributed by atoms with van der Waals surface area (Å²) >= 11 is 0. The van der Waals surface area contributed by atoms with Crippen LogP contribution in [0.3, 0.4) is 0 Å². The van der Waals surface area contributed by atoms with Gasteiger partial charge in [-0.2, -0.15) is 0 Å². The van der Waals surface area contributed by atoms with E-state index in [4.69, 9.17) is 66.9 Å². The zero-order valence-electron chi connectivity index (χ0n) is 62.1. The minimum absolute atomic E-state index is 0.152. The number of ketones is 2. The van der Waals surface area contributed by atoms with Gasteiger partial charge in [-0.1, -0.05) is 73.1 Å². The van der Waals surface area contributed by atoms with Crippen LogP contribution >= 0.6 is 7.82 Å². The number of phosphoric acid groups is 1. The Morgan fingerprint density at radius 1 is 0.688 bits per heavy atom.